The van der Waals surface area contributed by atoms with Crippen molar-refractivity contribution in [3.8, 4) is 6.07 Å². The minimum Gasteiger partial charge on any atom is -0.465 e. The van der Waals surface area contributed by atoms with Crippen LogP contribution in [0.15, 0.2) is 30.3 Å². The van der Waals surface area contributed by atoms with E-state index in [0.29, 0.717) is 13.1 Å². The lowest BCUT2D eigenvalue weighted by molar-refractivity contribution is -0.149. The Kier molecular flexibility index (Phi) is 5.37. The van der Waals surface area contributed by atoms with Gasteiger partial charge in [-0.05, 0) is 12.5 Å². The van der Waals surface area contributed by atoms with E-state index in [1.807, 2.05) is 36.4 Å². The van der Waals surface area contributed by atoms with Crippen molar-refractivity contribution in [2.24, 2.45) is 11.8 Å². The van der Waals surface area contributed by atoms with Crippen molar-refractivity contribution >= 4 is 12.1 Å². The van der Waals surface area contributed by atoms with E-state index in [-0.39, 0.29) is 19.1 Å². The van der Waals surface area contributed by atoms with Crippen LogP contribution in [-0.2, 0) is 20.9 Å². The predicted molar refractivity (Wildman–Crippen MR) is 77.4 cm³/mol. The minimum atomic E-state index is -0.821. The predicted octanol–water partition coefficient (Wildman–Crippen LogP) is 1.96. The number of hydrogen-bond donors (Lipinski definition) is 0. The van der Waals surface area contributed by atoms with E-state index in [4.69, 9.17) is 14.7 Å². The van der Waals surface area contributed by atoms with Crippen molar-refractivity contribution in [3.63, 3.8) is 0 Å². The van der Waals surface area contributed by atoms with Crippen molar-refractivity contribution in [3.05, 3.63) is 35.9 Å². The number of amides is 1. The molecule has 1 saturated heterocycles. The summed E-state index contributed by atoms with van der Waals surface area (Å²) in [6, 6.07) is 11.3. The summed E-state index contributed by atoms with van der Waals surface area (Å²) in [5, 5.41) is 9.05. The summed E-state index contributed by atoms with van der Waals surface area (Å²) < 4.78 is 10.0. The van der Waals surface area contributed by atoms with Crippen molar-refractivity contribution < 1.29 is 19.1 Å². The molecule has 116 valence electrons. The van der Waals surface area contributed by atoms with Crippen molar-refractivity contribution in [2.75, 3.05) is 19.7 Å². The molecule has 0 bridgehead atoms. The number of carbonyl (C=O) groups excluding carboxylic acids is 2. The molecule has 22 heavy (non-hydrogen) atoms. The lowest BCUT2D eigenvalue weighted by atomic mass is 9.87. The third kappa shape index (κ3) is 3.76. The summed E-state index contributed by atoms with van der Waals surface area (Å²) >= 11 is 0. The van der Waals surface area contributed by atoms with E-state index in [0.717, 1.165) is 5.56 Å². The van der Waals surface area contributed by atoms with Crippen LogP contribution in [0.2, 0.25) is 0 Å². The van der Waals surface area contributed by atoms with Gasteiger partial charge in [-0.1, -0.05) is 30.3 Å². The first-order valence-electron chi connectivity index (χ1n) is 7.17. The first-order chi connectivity index (χ1) is 10.7. The Labute approximate surface area is 129 Å². The van der Waals surface area contributed by atoms with Crippen molar-refractivity contribution in [1.82, 2.24) is 4.90 Å². The third-order valence-electron chi connectivity index (χ3n) is 3.52. The molecule has 6 nitrogen and oxygen atoms in total. The Hall–Kier alpha value is -2.55. The zero-order valence-electron chi connectivity index (χ0n) is 12.4. The highest BCUT2D eigenvalue weighted by atomic mass is 16.6. The molecule has 1 unspecified atom stereocenters. The SMILES string of the molecule is CCOC(=O)C(C#N)C1CN(C(=O)OCc2ccccc2)C1. The monoisotopic (exact) mass is 302 g/mol. The highest BCUT2D eigenvalue weighted by molar-refractivity contribution is 5.76. The van der Waals surface area contributed by atoms with E-state index < -0.39 is 18.0 Å². The normalized spacial score (nSPS) is 15.4. The summed E-state index contributed by atoms with van der Waals surface area (Å²) in [6.45, 7) is 2.82. The summed E-state index contributed by atoms with van der Waals surface area (Å²) in [5.74, 6) is -1.53. The number of nitrogens with zero attached hydrogens (tertiary/aromatic N) is 2. The van der Waals surface area contributed by atoms with Gasteiger partial charge in [0.1, 0.15) is 12.5 Å². The molecule has 0 spiro atoms. The van der Waals surface area contributed by atoms with Crippen molar-refractivity contribution in [1.29, 1.82) is 5.26 Å². The van der Waals surface area contributed by atoms with Gasteiger partial charge < -0.3 is 14.4 Å². The highest BCUT2D eigenvalue weighted by Crippen LogP contribution is 2.25. The fraction of sp³-hybridized carbons (Fsp3) is 0.438. The molecule has 1 aromatic rings. The molecule has 0 N–H and O–H groups in total. The first-order valence-corrected chi connectivity index (χ1v) is 7.17. The molecule has 0 aromatic heterocycles. The average Bonchev–Trinajstić information content (AvgIpc) is 2.49. The lowest BCUT2D eigenvalue weighted by Crippen LogP contribution is -2.54. The van der Waals surface area contributed by atoms with Gasteiger partial charge in [0, 0.05) is 19.0 Å². The molecule has 1 amide bonds. The number of rotatable bonds is 5. The summed E-state index contributed by atoms with van der Waals surface area (Å²) in [7, 11) is 0. The van der Waals surface area contributed by atoms with Crippen LogP contribution in [0.3, 0.4) is 0 Å². The van der Waals surface area contributed by atoms with Gasteiger partial charge in [0.2, 0.25) is 0 Å². The largest absolute Gasteiger partial charge is 0.465 e. The number of nitriles is 1. The molecule has 0 saturated carbocycles. The maximum Gasteiger partial charge on any atom is 0.410 e. The Morgan fingerprint density at radius 1 is 1.32 bits per heavy atom. The first kappa shape index (κ1) is 15.8. The van der Waals surface area contributed by atoms with Gasteiger partial charge in [0.25, 0.3) is 0 Å². The van der Waals surface area contributed by atoms with Crippen LogP contribution >= 0.6 is 0 Å². The second kappa shape index (κ2) is 7.46. The molecule has 1 heterocycles. The Bertz CT molecular complexity index is 561. The topological polar surface area (TPSA) is 79.6 Å². The molecule has 1 aliphatic rings. The van der Waals surface area contributed by atoms with E-state index in [1.165, 1.54) is 4.90 Å². The van der Waals surface area contributed by atoms with Gasteiger partial charge in [-0.15, -0.1) is 0 Å². The van der Waals surface area contributed by atoms with Crippen LogP contribution in [0.4, 0.5) is 4.79 Å². The number of ether oxygens (including phenoxy) is 2. The number of carbonyl (C=O) groups is 2. The molecule has 1 aliphatic heterocycles. The Morgan fingerprint density at radius 3 is 2.59 bits per heavy atom. The zero-order chi connectivity index (χ0) is 15.9. The Balaban J connectivity index is 1.77. The quantitative estimate of drug-likeness (QED) is 0.777. The van der Waals surface area contributed by atoms with Gasteiger partial charge in [-0.25, -0.2) is 4.79 Å². The van der Waals surface area contributed by atoms with Gasteiger partial charge >= 0.3 is 12.1 Å². The molecule has 0 aliphatic carbocycles. The molecular formula is C16H18N2O4. The van der Waals surface area contributed by atoms with Crippen LogP contribution in [0.5, 0.6) is 0 Å². The maximum absolute atomic E-state index is 11.9. The van der Waals surface area contributed by atoms with Crippen molar-refractivity contribution in [2.45, 2.75) is 13.5 Å². The lowest BCUT2D eigenvalue weighted by Gasteiger charge is -2.39. The van der Waals surface area contributed by atoms with E-state index in [9.17, 15) is 9.59 Å². The summed E-state index contributed by atoms with van der Waals surface area (Å²) in [4.78, 5) is 25.0. The van der Waals surface area contributed by atoms with Crippen LogP contribution in [0.1, 0.15) is 12.5 Å². The average molecular weight is 302 g/mol. The highest BCUT2D eigenvalue weighted by Gasteiger charge is 2.41. The number of esters is 1. The van der Waals surface area contributed by atoms with Gasteiger partial charge in [-0.2, -0.15) is 5.26 Å². The van der Waals surface area contributed by atoms with Crippen LogP contribution in [-0.4, -0.2) is 36.7 Å². The molecule has 6 heteroatoms. The standard InChI is InChI=1S/C16H18N2O4/c1-2-21-15(19)14(8-17)13-9-18(10-13)16(20)22-11-12-6-4-3-5-7-12/h3-7,13-14H,2,9-11H2,1H3. The summed E-state index contributed by atoms with van der Waals surface area (Å²) in [5.41, 5.74) is 0.911. The van der Waals surface area contributed by atoms with Crippen LogP contribution in [0.25, 0.3) is 0 Å². The number of likely N-dealkylation sites (tertiary alicyclic amines) is 1. The Morgan fingerprint density at radius 2 is 2.00 bits per heavy atom. The molecule has 1 aromatic carbocycles. The van der Waals surface area contributed by atoms with Gasteiger partial charge in [0.15, 0.2) is 0 Å². The maximum atomic E-state index is 11.9. The molecule has 0 radical (unpaired) electrons. The van der Waals surface area contributed by atoms with Gasteiger partial charge in [0.05, 0.1) is 12.7 Å². The minimum absolute atomic E-state index is 0.187. The third-order valence-corrected chi connectivity index (χ3v) is 3.52. The fourth-order valence-electron chi connectivity index (χ4n) is 2.27. The fourth-order valence-corrected chi connectivity index (χ4v) is 2.27. The molecule has 1 fully saturated rings. The molecular weight excluding hydrogens is 284 g/mol. The summed E-state index contributed by atoms with van der Waals surface area (Å²) in [6.07, 6.45) is -0.430. The smallest absolute Gasteiger partial charge is 0.410 e. The molecule has 1 atom stereocenters. The number of benzene rings is 1. The second-order valence-electron chi connectivity index (χ2n) is 5.06. The van der Waals surface area contributed by atoms with Crippen LogP contribution < -0.4 is 0 Å². The molecule has 2 rings (SSSR count). The zero-order valence-corrected chi connectivity index (χ0v) is 12.4. The van der Waals surface area contributed by atoms with Crippen LogP contribution in [0, 0.1) is 23.2 Å². The van der Waals surface area contributed by atoms with Gasteiger partial charge in [-0.3, -0.25) is 4.79 Å². The number of hydrogen-bond acceptors (Lipinski definition) is 5. The van der Waals surface area contributed by atoms with E-state index in [2.05, 4.69) is 0 Å². The van der Waals surface area contributed by atoms with E-state index >= 15 is 0 Å². The second-order valence-corrected chi connectivity index (χ2v) is 5.06. The van der Waals surface area contributed by atoms with E-state index in [1.54, 1.807) is 6.92 Å².